The van der Waals surface area contributed by atoms with Gasteiger partial charge < -0.3 is 5.11 Å². The monoisotopic (exact) mass is 384 g/mol. The van der Waals surface area contributed by atoms with Crippen LogP contribution in [-0.2, 0) is 9.59 Å². The Bertz CT molecular complexity index is 875. The molecule has 2 amide bonds. The number of carbonyl (C=O) groups excluding carboxylic acids is 2. The van der Waals surface area contributed by atoms with Crippen LogP contribution < -0.4 is 0 Å². The maximum absolute atomic E-state index is 13.2. The first-order chi connectivity index (χ1) is 12.9. The van der Waals surface area contributed by atoms with E-state index in [9.17, 15) is 19.5 Å². The molecule has 0 spiro atoms. The van der Waals surface area contributed by atoms with Gasteiger partial charge in [0.15, 0.2) is 0 Å². The summed E-state index contributed by atoms with van der Waals surface area (Å²) in [4.78, 5) is 40.8. The van der Waals surface area contributed by atoms with Gasteiger partial charge in [-0.3, -0.25) is 24.2 Å². The molecule has 1 aromatic carbocycles. The number of hydrogen-bond donors (Lipinski definition) is 1. The van der Waals surface area contributed by atoms with E-state index >= 15 is 0 Å². The van der Waals surface area contributed by atoms with Gasteiger partial charge in [0, 0.05) is 6.20 Å². The van der Waals surface area contributed by atoms with Gasteiger partial charge in [-0.25, -0.2) is 0 Å². The summed E-state index contributed by atoms with van der Waals surface area (Å²) in [5.41, 5.74) is 1.09. The molecule has 0 saturated heterocycles. The topological polar surface area (TPSA) is 77.9 Å². The van der Waals surface area contributed by atoms with E-state index in [1.54, 1.807) is 42.6 Å². The van der Waals surface area contributed by atoms with Crippen molar-refractivity contribution in [2.24, 2.45) is 5.92 Å². The first-order valence-corrected chi connectivity index (χ1v) is 9.44. The second kappa shape index (κ2) is 7.75. The summed E-state index contributed by atoms with van der Waals surface area (Å²) in [6.45, 7) is 3.24. The highest BCUT2D eigenvalue weighted by atomic mass is 32.1. The van der Waals surface area contributed by atoms with Crippen LogP contribution in [0.3, 0.4) is 0 Å². The molecule has 0 bridgehead atoms. The first kappa shape index (κ1) is 18.8. The summed E-state index contributed by atoms with van der Waals surface area (Å²) >= 11 is 1.31. The van der Waals surface area contributed by atoms with Gasteiger partial charge in [0.1, 0.15) is 12.6 Å². The number of rotatable bonds is 5. The summed E-state index contributed by atoms with van der Waals surface area (Å²) in [6, 6.07) is 11.8. The number of hydrogen-bond acceptors (Lipinski definition) is 4. The normalized spacial score (nSPS) is 17.2. The Balaban J connectivity index is 2.13. The second-order valence-corrected chi connectivity index (χ2v) is 7.52. The van der Waals surface area contributed by atoms with E-state index < -0.39 is 24.5 Å². The van der Waals surface area contributed by atoms with Crippen molar-refractivity contribution in [3.8, 4) is 0 Å². The van der Waals surface area contributed by atoms with Gasteiger partial charge in [-0.2, -0.15) is 0 Å². The molecule has 2 aromatic rings. The lowest BCUT2D eigenvalue weighted by Gasteiger charge is -2.40. The average molecular weight is 384 g/mol. The van der Waals surface area contributed by atoms with Gasteiger partial charge in [-0.15, -0.1) is 11.3 Å². The molecule has 140 valence electrons. The molecular formula is C20H20N2O4S. The van der Waals surface area contributed by atoms with Crippen molar-refractivity contribution in [1.82, 2.24) is 9.80 Å². The first-order valence-electron chi connectivity index (χ1n) is 8.56. The summed E-state index contributed by atoms with van der Waals surface area (Å²) in [6.07, 6.45) is 1.60. The van der Waals surface area contributed by atoms with Crippen LogP contribution in [0.2, 0.25) is 0 Å². The van der Waals surface area contributed by atoms with Gasteiger partial charge in [0.05, 0.1) is 10.6 Å². The van der Waals surface area contributed by atoms with E-state index in [0.29, 0.717) is 16.1 Å². The molecule has 1 aliphatic heterocycles. The van der Waals surface area contributed by atoms with Crippen LogP contribution in [0.4, 0.5) is 0 Å². The van der Waals surface area contributed by atoms with Gasteiger partial charge in [0.2, 0.25) is 0 Å². The molecule has 0 fully saturated rings. The lowest BCUT2D eigenvalue weighted by atomic mass is 9.97. The minimum Gasteiger partial charge on any atom is -0.480 e. The number of thiophene rings is 1. The molecular weight excluding hydrogens is 364 g/mol. The Labute approximate surface area is 161 Å². The highest BCUT2D eigenvalue weighted by Crippen LogP contribution is 2.31. The molecule has 0 radical (unpaired) electrons. The van der Waals surface area contributed by atoms with E-state index in [4.69, 9.17) is 0 Å². The highest BCUT2D eigenvalue weighted by Gasteiger charge is 2.41. The number of benzene rings is 1. The molecule has 7 heteroatoms. The Morgan fingerprint density at radius 2 is 1.85 bits per heavy atom. The molecule has 3 rings (SSSR count). The fraction of sp³-hybridized carbons (Fsp3) is 0.250. The van der Waals surface area contributed by atoms with E-state index in [0.717, 1.165) is 0 Å². The molecule has 1 unspecified atom stereocenters. The smallest absolute Gasteiger partial charge is 0.323 e. The number of aliphatic carboxylic acids is 1. The van der Waals surface area contributed by atoms with Crippen LogP contribution in [0.15, 0.2) is 54.0 Å². The standard InChI is InChI=1S/C20H20N2O4S/c1-13(2)18-20(26)21(12-17(23)24)15(14-7-4-3-5-8-14)11-22(18)19(25)16-9-6-10-27-16/h3-11,13,18H,12H2,1-2H3,(H,23,24). The van der Waals surface area contributed by atoms with Gasteiger partial charge >= 0.3 is 5.97 Å². The van der Waals surface area contributed by atoms with Crippen LogP contribution in [0.1, 0.15) is 29.1 Å². The molecule has 1 atom stereocenters. The van der Waals surface area contributed by atoms with Crippen LogP contribution in [-0.4, -0.2) is 45.3 Å². The molecule has 0 saturated carbocycles. The minimum absolute atomic E-state index is 0.175. The fourth-order valence-corrected chi connectivity index (χ4v) is 3.80. The van der Waals surface area contributed by atoms with E-state index in [1.807, 2.05) is 25.3 Å². The number of carboxylic acid groups (broad SMARTS) is 1. The highest BCUT2D eigenvalue weighted by molar-refractivity contribution is 7.12. The van der Waals surface area contributed by atoms with Crippen LogP contribution in [0.5, 0.6) is 0 Å². The van der Waals surface area contributed by atoms with Crippen molar-refractivity contribution in [2.45, 2.75) is 19.9 Å². The number of carbonyl (C=O) groups is 3. The van der Waals surface area contributed by atoms with Gasteiger partial charge in [-0.1, -0.05) is 50.2 Å². The van der Waals surface area contributed by atoms with Crippen molar-refractivity contribution in [2.75, 3.05) is 6.54 Å². The second-order valence-electron chi connectivity index (χ2n) is 6.58. The van der Waals surface area contributed by atoms with Gasteiger partial charge in [0.25, 0.3) is 11.8 Å². The maximum Gasteiger partial charge on any atom is 0.323 e. The lowest BCUT2D eigenvalue weighted by molar-refractivity contribution is -0.144. The molecule has 2 heterocycles. The van der Waals surface area contributed by atoms with Crippen molar-refractivity contribution >= 4 is 34.8 Å². The number of carboxylic acids is 1. The third-order valence-corrected chi connectivity index (χ3v) is 5.19. The SMILES string of the molecule is CC(C)C1C(=O)N(CC(=O)O)C(c2ccccc2)=CN1C(=O)c1cccs1. The molecule has 1 N–H and O–H groups in total. The molecule has 1 aromatic heterocycles. The third kappa shape index (κ3) is 3.78. The summed E-state index contributed by atoms with van der Waals surface area (Å²) in [5.74, 6) is -1.93. The number of amides is 2. The van der Waals surface area contributed by atoms with Crippen molar-refractivity contribution < 1.29 is 19.5 Å². The zero-order chi connectivity index (χ0) is 19.6. The van der Waals surface area contributed by atoms with E-state index in [2.05, 4.69) is 0 Å². The van der Waals surface area contributed by atoms with Crippen molar-refractivity contribution in [3.63, 3.8) is 0 Å². The van der Waals surface area contributed by atoms with Gasteiger partial charge in [-0.05, 0) is 22.9 Å². The van der Waals surface area contributed by atoms with E-state index in [1.165, 1.54) is 21.1 Å². The van der Waals surface area contributed by atoms with Crippen LogP contribution >= 0.6 is 11.3 Å². The zero-order valence-corrected chi connectivity index (χ0v) is 15.8. The predicted octanol–water partition coefficient (Wildman–Crippen LogP) is 3.14. The predicted molar refractivity (Wildman–Crippen MR) is 103 cm³/mol. The molecule has 0 aliphatic carbocycles. The summed E-state index contributed by atoms with van der Waals surface area (Å²) in [7, 11) is 0. The Morgan fingerprint density at radius 1 is 1.15 bits per heavy atom. The Hall–Kier alpha value is -2.93. The largest absolute Gasteiger partial charge is 0.480 e. The lowest BCUT2D eigenvalue weighted by Crippen LogP contribution is -2.55. The zero-order valence-electron chi connectivity index (χ0n) is 15.0. The quantitative estimate of drug-likeness (QED) is 0.859. The maximum atomic E-state index is 13.2. The summed E-state index contributed by atoms with van der Waals surface area (Å²) in [5, 5.41) is 11.1. The van der Waals surface area contributed by atoms with Crippen molar-refractivity contribution in [3.05, 3.63) is 64.5 Å². The molecule has 6 nitrogen and oxygen atoms in total. The fourth-order valence-electron chi connectivity index (χ4n) is 3.14. The number of nitrogens with zero attached hydrogens (tertiary/aromatic N) is 2. The van der Waals surface area contributed by atoms with Crippen LogP contribution in [0.25, 0.3) is 5.70 Å². The molecule has 1 aliphatic rings. The average Bonchev–Trinajstić information content (AvgIpc) is 3.17. The van der Waals surface area contributed by atoms with Crippen LogP contribution in [0, 0.1) is 5.92 Å². The van der Waals surface area contributed by atoms with Crippen molar-refractivity contribution in [1.29, 1.82) is 0 Å². The molecule has 27 heavy (non-hydrogen) atoms. The Morgan fingerprint density at radius 3 is 2.41 bits per heavy atom. The van der Waals surface area contributed by atoms with E-state index in [-0.39, 0.29) is 11.8 Å². The summed E-state index contributed by atoms with van der Waals surface area (Å²) < 4.78 is 0. The Kier molecular flexibility index (Phi) is 5.41. The third-order valence-electron chi connectivity index (χ3n) is 4.33. The minimum atomic E-state index is -1.11.